The predicted octanol–water partition coefficient (Wildman–Crippen LogP) is 3.44. The molecular weight excluding hydrogens is 542 g/mol. The van der Waals surface area contributed by atoms with Crippen molar-refractivity contribution in [3.8, 4) is 11.4 Å². The van der Waals surface area contributed by atoms with Crippen molar-refractivity contribution in [2.24, 2.45) is 5.92 Å². The molecule has 2 aliphatic rings. The molecule has 0 aliphatic carbocycles. The molecule has 3 N–H and O–H groups in total. The molecule has 0 saturated carbocycles. The van der Waals surface area contributed by atoms with Crippen molar-refractivity contribution in [3.05, 3.63) is 53.3 Å². The first-order valence-electron chi connectivity index (χ1n) is 13.7. The molecule has 41 heavy (non-hydrogen) atoms. The van der Waals surface area contributed by atoms with Gasteiger partial charge in [-0.3, -0.25) is 15.1 Å². The third kappa shape index (κ3) is 5.07. The van der Waals surface area contributed by atoms with E-state index < -0.39 is 5.91 Å². The zero-order valence-corrected chi connectivity index (χ0v) is 23.1. The summed E-state index contributed by atoms with van der Waals surface area (Å²) in [6.45, 7) is 4.69. The lowest BCUT2D eigenvalue weighted by atomic mass is 9.93. The van der Waals surface area contributed by atoms with Crippen molar-refractivity contribution in [1.82, 2.24) is 35.6 Å². The topological polar surface area (TPSA) is 145 Å². The van der Waals surface area contributed by atoms with Gasteiger partial charge < -0.3 is 14.5 Å². The van der Waals surface area contributed by atoms with Crippen molar-refractivity contribution in [3.63, 3.8) is 0 Å². The zero-order valence-electron chi connectivity index (χ0n) is 22.3. The second-order valence-corrected chi connectivity index (χ2v) is 11.5. The zero-order chi connectivity index (χ0) is 27.8. The minimum atomic E-state index is -0.620. The van der Waals surface area contributed by atoms with Gasteiger partial charge in [-0.15, -0.1) is 11.3 Å². The molecule has 6 heterocycles. The molecule has 7 rings (SSSR count). The minimum Gasteiger partial charge on any atom is -0.378 e. The number of hydrogen-bond acceptors (Lipinski definition) is 11. The smallest absolute Gasteiger partial charge is 0.277 e. The molecule has 12 nitrogen and oxygen atoms in total. The summed E-state index contributed by atoms with van der Waals surface area (Å²) in [7, 11) is 0. The predicted molar refractivity (Wildman–Crippen MR) is 155 cm³/mol. The van der Waals surface area contributed by atoms with Crippen molar-refractivity contribution in [2.75, 3.05) is 49.2 Å². The van der Waals surface area contributed by atoms with Gasteiger partial charge in [-0.2, -0.15) is 5.10 Å². The van der Waals surface area contributed by atoms with Crippen LogP contribution in [0.25, 0.3) is 32.5 Å². The van der Waals surface area contributed by atoms with Crippen LogP contribution in [0.4, 0.5) is 11.8 Å². The number of H-pyrrole nitrogens is 1. The number of thiophene rings is 1. The van der Waals surface area contributed by atoms with Gasteiger partial charge in [0.2, 0.25) is 5.95 Å². The molecule has 1 amide bonds. The van der Waals surface area contributed by atoms with E-state index in [1.807, 2.05) is 18.3 Å². The summed E-state index contributed by atoms with van der Waals surface area (Å²) in [5.41, 5.74) is 4.75. The third-order valence-electron chi connectivity index (χ3n) is 7.83. The molecule has 0 radical (unpaired) electrons. The monoisotopic (exact) mass is 571 g/mol. The Morgan fingerprint density at radius 1 is 1.07 bits per heavy atom. The molecule has 13 heteroatoms. The van der Waals surface area contributed by atoms with Gasteiger partial charge in [-0.25, -0.2) is 25.4 Å². The van der Waals surface area contributed by atoms with Crippen molar-refractivity contribution < 1.29 is 14.7 Å². The Labute approximate surface area is 239 Å². The first kappa shape index (κ1) is 25.7. The number of benzene rings is 1. The highest BCUT2D eigenvalue weighted by Crippen LogP contribution is 2.37. The van der Waals surface area contributed by atoms with Crippen LogP contribution in [0.1, 0.15) is 28.1 Å². The third-order valence-corrected chi connectivity index (χ3v) is 8.97. The van der Waals surface area contributed by atoms with Crippen molar-refractivity contribution in [1.29, 1.82) is 0 Å². The van der Waals surface area contributed by atoms with Gasteiger partial charge in [-0.1, -0.05) is 12.1 Å². The number of fused-ring (bicyclic) bond motifs is 2. The number of hydroxylamine groups is 1. The fourth-order valence-electron chi connectivity index (χ4n) is 5.63. The maximum absolute atomic E-state index is 11.6. The van der Waals surface area contributed by atoms with Crippen LogP contribution in [-0.2, 0) is 11.2 Å². The van der Waals surface area contributed by atoms with Crippen LogP contribution in [0, 0.1) is 5.92 Å². The summed E-state index contributed by atoms with van der Waals surface area (Å²) in [5, 5.41) is 17.1. The van der Waals surface area contributed by atoms with Gasteiger partial charge in [-0.05, 0) is 37.3 Å². The summed E-state index contributed by atoms with van der Waals surface area (Å²) >= 11 is 1.80. The number of anilines is 2. The average molecular weight is 572 g/mol. The van der Waals surface area contributed by atoms with Crippen LogP contribution >= 0.6 is 11.3 Å². The second kappa shape index (κ2) is 11.0. The molecule has 2 aliphatic heterocycles. The van der Waals surface area contributed by atoms with Gasteiger partial charge in [0.1, 0.15) is 0 Å². The Kier molecular flexibility index (Phi) is 6.90. The highest BCUT2D eigenvalue weighted by atomic mass is 32.1. The number of morpholine rings is 1. The molecular formula is C28H29N9O3S. The largest absolute Gasteiger partial charge is 0.378 e. The van der Waals surface area contributed by atoms with Crippen LogP contribution < -0.4 is 15.3 Å². The van der Waals surface area contributed by atoms with Crippen LogP contribution in [-0.4, -0.2) is 80.6 Å². The van der Waals surface area contributed by atoms with Crippen LogP contribution in [0.5, 0.6) is 0 Å². The first-order valence-corrected chi connectivity index (χ1v) is 14.5. The highest BCUT2D eigenvalue weighted by molar-refractivity contribution is 7.19. The van der Waals surface area contributed by atoms with E-state index in [2.05, 4.69) is 42.1 Å². The number of aromatic nitrogens is 6. The number of rotatable bonds is 6. The fourth-order valence-corrected chi connectivity index (χ4v) is 6.85. The van der Waals surface area contributed by atoms with E-state index in [0.717, 1.165) is 77.9 Å². The molecule has 210 valence electrons. The summed E-state index contributed by atoms with van der Waals surface area (Å²) in [5.74, 6) is 2.22. The molecule has 1 aromatic carbocycles. The van der Waals surface area contributed by atoms with E-state index >= 15 is 0 Å². The Bertz CT molecular complexity index is 1690. The maximum Gasteiger partial charge on any atom is 0.277 e. The van der Waals surface area contributed by atoms with Gasteiger partial charge in [0, 0.05) is 54.4 Å². The van der Waals surface area contributed by atoms with Crippen LogP contribution in [0.3, 0.4) is 0 Å². The van der Waals surface area contributed by atoms with Crippen molar-refractivity contribution >= 4 is 50.1 Å². The standard InChI is InChI=1S/C28H29N9O3S/c38-27(35-39)18-14-29-28(30-15-18)37-6-4-17(5-7-37)12-19-13-23-24(41-19)26(36-8-10-40-11-9-36)33-25(32-23)20-2-1-3-22-21(20)16-31-34-22/h1-3,13-17,39H,4-12H2,(H,31,34)(H,35,38). The number of ether oxygens (including phenoxy) is 1. The maximum atomic E-state index is 11.6. The second-order valence-electron chi connectivity index (χ2n) is 10.4. The summed E-state index contributed by atoms with van der Waals surface area (Å²) in [4.78, 5) is 36.1. The number of piperidine rings is 1. The lowest BCUT2D eigenvalue weighted by Crippen LogP contribution is -2.36. The Morgan fingerprint density at radius 3 is 2.66 bits per heavy atom. The number of carbonyl (C=O) groups excluding carboxylic acids is 1. The number of aromatic amines is 1. The molecule has 0 spiro atoms. The van der Waals surface area contributed by atoms with Crippen LogP contribution in [0.2, 0.25) is 0 Å². The number of nitrogens with zero attached hydrogens (tertiary/aromatic N) is 7. The van der Waals surface area contributed by atoms with Gasteiger partial charge in [0.05, 0.1) is 40.7 Å². The fraction of sp³-hybridized carbons (Fsp3) is 0.357. The summed E-state index contributed by atoms with van der Waals surface area (Å²) < 4.78 is 6.76. The molecule has 0 bridgehead atoms. The van der Waals surface area contributed by atoms with E-state index in [-0.39, 0.29) is 5.56 Å². The highest BCUT2D eigenvalue weighted by Gasteiger charge is 2.25. The van der Waals surface area contributed by atoms with Gasteiger partial charge in [0.25, 0.3) is 5.91 Å². The van der Waals surface area contributed by atoms with E-state index in [4.69, 9.17) is 19.9 Å². The lowest BCUT2D eigenvalue weighted by molar-refractivity contribution is 0.0705. The molecule has 2 saturated heterocycles. The quantitative estimate of drug-likeness (QED) is 0.205. The molecule has 0 unspecified atom stereocenters. The Balaban J connectivity index is 1.12. The van der Waals surface area contributed by atoms with E-state index in [0.29, 0.717) is 30.9 Å². The van der Waals surface area contributed by atoms with Gasteiger partial charge >= 0.3 is 0 Å². The van der Waals surface area contributed by atoms with Gasteiger partial charge in [0.15, 0.2) is 11.6 Å². The minimum absolute atomic E-state index is 0.222. The summed E-state index contributed by atoms with van der Waals surface area (Å²) in [6, 6.07) is 8.32. The average Bonchev–Trinajstić information content (AvgIpc) is 3.68. The number of amides is 1. The number of carbonyl (C=O) groups is 1. The van der Waals surface area contributed by atoms with E-state index in [1.54, 1.807) is 16.8 Å². The Hall–Kier alpha value is -4.20. The van der Waals surface area contributed by atoms with E-state index in [9.17, 15) is 4.79 Å². The molecule has 5 aromatic rings. The molecule has 0 atom stereocenters. The Morgan fingerprint density at radius 2 is 1.88 bits per heavy atom. The summed E-state index contributed by atoms with van der Waals surface area (Å²) in [6.07, 6.45) is 7.74. The molecule has 4 aromatic heterocycles. The lowest BCUT2D eigenvalue weighted by Gasteiger charge is -2.31. The SMILES string of the molecule is O=C(NO)c1cnc(N2CCC(Cc3cc4nc(-c5cccc6[nH]ncc56)nc(N5CCOCC5)c4s3)CC2)nc1. The number of nitrogens with one attached hydrogen (secondary N) is 2. The van der Waals surface area contributed by atoms with Crippen molar-refractivity contribution in [2.45, 2.75) is 19.3 Å². The van der Waals surface area contributed by atoms with E-state index in [1.165, 1.54) is 17.3 Å². The normalized spacial score (nSPS) is 16.5. The first-order chi connectivity index (χ1) is 20.2. The molecule has 2 fully saturated rings. The van der Waals surface area contributed by atoms with Crippen LogP contribution in [0.15, 0.2) is 42.9 Å². The number of hydrogen-bond donors (Lipinski definition) is 3.